The van der Waals surface area contributed by atoms with Crippen molar-refractivity contribution >= 4 is 41.8 Å². The molecule has 0 saturated heterocycles. The number of ether oxygens (including phenoxy) is 1. The van der Waals surface area contributed by atoms with Gasteiger partial charge in [-0.15, -0.1) is 0 Å². The summed E-state index contributed by atoms with van der Waals surface area (Å²) in [5.74, 6) is -0.333. The molecule has 6 heteroatoms. The first-order chi connectivity index (χ1) is 17.2. The van der Waals surface area contributed by atoms with Gasteiger partial charge in [-0.25, -0.2) is 4.79 Å². The highest BCUT2D eigenvalue weighted by Crippen LogP contribution is 2.42. The second-order valence-electron chi connectivity index (χ2n) is 9.42. The van der Waals surface area contributed by atoms with Gasteiger partial charge >= 0.3 is 14.1 Å². The van der Waals surface area contributed by atoms with E-state index in [9.17, 15) is 4.79 Å². The molecule has 3 aromatic carbocycles. The van der Waals surface area contributed by atoms with Crippen LogP contribution in [-0.4, -0.2) is 12.6 Å². The lowest BCUT2D eigenvalue weighted by molar-refractivity contribution is 0.0526. The molecule has 0 bridgehead atoms. The Morgan fingerprint density at radius 1 is 0.857 bits per heavy atom. The van der Waals surface area contributed by atoms with Crippen LogP contribution in [-0.2, 0) is 30.4 Å². The summed E-state index contributed by atoms with van der Waals surface area (Å²) < 4.78 is 18.3. The van der Waals surface area contributed by atoms with Gasteiger partial charge in [0.15, 0.2) is 0 Å². The van der Waals surface area contributed by atoms with Crippen molar-refractivity contribution in [2.75, 3.05) is 11.7 Å². The fourth-order valence-corrected chi connectivity index (χ4v) is 6.73. The predicted molar refractivity (Wildman–Crippen MR) is 141 cm³/mol. The first-order valence-corrected chi connectivity index (χ1v) is 13.9. The van der Waals surface area contributed by atoms with E-state index in [4.69, 9.17) is 13.1 Å². The molecule has 0 amide bonds. The Hall–Kier alpha value is -3.17. The van der Waals surface area contributed by atoms with Crippen molar-refractivity contribution in [3.8, 4) is 0 Å². The average Bonchev–Trinajstić information content (AvgIpc) is 3.05. The Morgan fingerprint density at radius 2 is 1.46 bits per heavy atom. The molecule has 0 atom stereocenters. The van der Waals surface area contributed by atoms with Gasteiger partial charge in [-0.2, -0.15) is 0 Å². The van der Waals surface area contributed by atoms with Crippen molar-refractivity contribution < 1.29 is 17.9 Å². The van der Waals surface area contributed by atoms with Crippen LogP contribution in [0.2, 0.25) is 0 Å². The predicted octanol–water partition coefficient (Wildman–Crippen LogP) is 8.10. The molecule has 0 aliphatic heterocycles. The summed E-state index contributed by atoms with van der Waals surface area (Å²) in [6, 6.07) is 16.1. The third-order valence-electron chi connectivity index (χ3n) is 7.20. The van der Waals surface area contributed by atoms with Gasteiger partial charge in [-0.1, -0.05) is 18.2 Å². The number of anilines is 1. The summed E-state index contributed by atoms with van der Waals surface area (Å²) in [6.45, 7) is 2.15. The van der Waals surface area contributed by atoms with E-state index in [0.717, 1.165) is 42.5 Å². The third kappa shape index (κ3) is 4.23. The molecular formula is C29H30NO4P. The average molecular weight is 488 g/mol. The fourth-order valence-electron chi connectivity index (χ4n) is 5.59. The molecule has 6 rings (SSSR count). The highest BCUT2D eigenvalue weighted by atomic mass is 31.1. The summed E-state index contributed by atoms with van der Waals surface area (Å²) in [4.78, 5) is 12.2. The molecule has 1 heterocycles. The van der Waals surface area contributed by atoms with Crippen LogP contribution >= 0.6 is 8.16 Å². The van der Waals surface area contributed by atoms with E-state index in [-0.39, 0.29) is 5.97 Å². The first kappa shape index (κ1) is 22.3. The number of esters is 1. The molecular weight excluding hydrogens is 457 g/mol. The van der Waals surface area contributed by atoms with Crippen LogP contribution in [0.1, 0.15) is 65.2 Å². The van der Waals surface area contributed by atoms with Gasteiger partial charge < -0.3 is 13.1 Å². The lowest BCUT2D eigenvalue weighted by atomic mass is 9.84. The Morgan fingerprint density at radius 3 is 2.06 bits per heavy atom. The topological polar surface area (TPSA) is 64.6 Å². The van der Waals surface area contributed by atoms with Crippen LogP contribution < -0.4 is 5.09 Å². The van der Waals surface area contributed by atoms with Crippen LogP contribution in [0, 0.1) is 0 Å². The van der Waals surface area contributed by atoms with Crippen molar-refractivity contribution in [1.82, 2.24) is 0 Å². The number of hydrogen-bond donors (Lipinski definition) is 1. The minimum absolute atomic E-state index is 0.333. The van der Waals surface area contributed by atoms with Gasteiger partial charge in [0.05, 0.1) is 12.2 Å². The van der Waals surface area contributed by atoms with Crippen LogP contribution in [0.3, 0.4) is 0 Å². The Labute approximate surface area is 206 Å². The molecule has 35 heavy (non-hydrogen) atoms. The van der Waals surface area contributed by atoms with E-state index in [2.05, 4.69) is 29.4 Å². The molecule has 4 aromatic rings. The second kappa shape index (κ2) is 9.47. The third-order valence-corrected chi connectivity index (χ3v) is 8.36. The zero-order chi connectivity index (χ0) is 23.8. The van der Waals surface area contributed by atoms with E-state index in [1.807, 2.05) is 19.1 Å². The molecule has 2 aliphatic rings. The molecule has 180 valence electrons. The van der Waals surface area contributed by atoms with Crippen LogP contribution in [0.4, 0.5) is 5.69 Å². The molecule has 0 unspecified atom stereocenters. The minimum atomic E-state index is -1.52. The van der Waals surface area contributed by atoms with E-state index >= 15 is 0 Å². The fraction of sp³-hybridized carbons (Fsp3) is 0.345. The zero-order valence-electron chi connectivity index (χ0n) is 20.1. The number of aryl methyl sites for hydroxylation is 4. The van der Waals surface area contributed by atoms with E-state index < -0.39 is 8.16 Å². The van der Waals surface area contributed by atoms with Crippen molar-refractivity contribution in [1.29, 1.82) is 0 Å². The van der Waals surface area contributed by atoms with Crippen LogP contribution in [0.25, 0.3) is 21.9 Å². The monoisotopic (exact) mass is 487 g/mol. The summed E-state index contributed by atoms with van der Waals surface area (Å²) in [6.07, 6.45) is 9.32. The maximum Gasteiger partial charge on any atom is 0.338 e. The molecule has 1 aromatic heterocycles. The SMILES string of the molecule is CCOC(=O)c1cccc(Np2oc3ccc4c(c3c3c5c(ccc3o2)CCCC5)CCCC4)c1. The number of nitrogens with one attached hydrogen (secondary N) is 1. The van der Waals surface area contributed by atoms with Crippen molar-refractivity contribution in [3.63, 3.8) is 0 Å². The quantitative estimate of drug-likeness (QED) is 0.295. The number of hydrogen-bond acceptors (Lipinski definition) is 5. The number of fused-ring (bicyclic) bond motifs is 7. The molecule has 0 spiro atoms. The summed E-state index contributed by atoms with van der Waals surface area (Å²) in [7, 11) is -1.52. The van der Waals surface area contributed by atoms with Crippen LogP contribution in [0.5, 0.6) is 0 Å². The van der Waals surface area contributed by atoms with E-state index in [1.54, 1.807) is 12.1 Å². The van der Waals surface area contributed by atoms with Gasteiger partial charge in [0.2, 0.25) is 0 Å². The van der Waals surface area contributed by atoms with E-state index in [1.165, 1.54) is 58.7 Å². The normalized spacial score (nSPS) is 14.9. The summed E-state index contributed by atoms with van der Waals surface area (Å²) >= 11 is 0. The number of carbonyl (C=O) groups is 1. The number of carbonyl (C=O) groups excluding carboxylic acids is 1. The molecule has 1 N–H and O–H groups in total. The summed E-state index contributed by atoms with van der Waals surface area (Å²) in [5.41, 5.74) is 8.80. The van der Waals surface area contributed by atoms with E-state index in [0.29, 0.717) is 12.2 Å². The van der Waals surface area contributed by atoms with Gasteiger partial charge in [0.1, 0.15) is 11.2 Å². The second-order valence-corrected chi connectivity index (χ2v) is 10.5. The maximum absolute atomic E-state index is 12.2. The standard InChI is InChI=1S/C29H30NO4P/c1-2-32-29(31)21-10-7-11-22(18-21)30-35-33-25-16-14-19-8-3-5-12-23(19)27(25)28-24-13-6-4-9-20(24)15-17-26(28)34-35/h7,10-11,14-18,30H,2-6,8-9,12-13H2,1H3. The first-order valence-electron chi connectivity index (χ1n) is 12.7. The molecule has 2 aliphatic carbocycles. The number of benzene rings is 3. The maximum atomic E-state index is 12.2. The Bertz CT molecular complexity index is 1390. The molecule has 5 nitrogen and oxygen atoms in total. The molecule has 0 radical (unpaired) electrons. The Balaban J connectivity index is 1.56. The zero-order valence-corrected chi connectivity index (χ0v) is 21.0. The number of rotatable bonds is 4. The van der Waals surface area contributed by atoms with Crippen molar-refractivity contribution in [3.05, 3.63) is 76.3 Å². The highest BCUT2D eigenvalue weighted by molar-refractivity contribution is 7.39. The lowest BCUT2D eigenvalue weighted by Crippen LogP contribution is -2.05. The smallest absolute Gasteiger partial charge is 0.338 e. The van der Waals surface area contributed by atoms with Crippen molar-refractivity contribution in [2.45, 2.75) is 58.3 Å². The highest BCUT2D eigenvalue weighted by Gasteiger charge is 2.21. The van der Waals surface area contributed by atoms with Crippen LogP contribution in [0.15, 0.2) is 56.9 Å². The Kier molecular flexibility index (Phi) is 6.03. The molecule has 0 fully saturated rings. The van der Waals surface area contributed by atoms with Gasteiger partial charge in [0, 0.05) is 16.5 Å². The van der Waals surface area contributed by atoms with Gasteiger partial charge in [-0.05, 0) is 111 Å². The van der Waals surface area contributed by atoms with Crippen molar-refractivity contribution in [2.24, 2.45) is 0 Å². The largest absolute Gasteiger partial charge is 0.462 e. The molecule has 0 saturated carbocycles. The minimum Gasteiger partial charge on any atom is -0.462 e. The summed E-state index contributed by atoms with van der Waals surface area (Å²) in [5, 5.41) is 5.89. The lowest BCUT2D eigenvalue weighted by Gasteiger charge is -2.20. The van der Waals surface area contributed by atoms with Gasteiger partial charge in [0.25, 0.3) is 0 Å². The van der Waals surface area contributed by atoms with Gasteiger partial charge in [-0.3, -0.25) is 5.09 Å².